The van der Waals surface area contributed by atoms with Crippen molar-refractivity contribution in [3.63, 3.8) is 0 Å². The van der Waals surface area contributed by atoms with Crippen molar-refractivity contribution >= 4 is 50.5 Å². The van der Waals surface area contributed by atoms with Crippen LogP contribution in [0.1, 0.15) is 11.1 Å². The van der Waals surface area contributed by atoms with Gasteiger partial charge in [0.25, 0.3) is 10.0 Å². The van der Waals surface area contributed by atoms with Crippen LogP contribution in [0, 0.1) is 13.8 Å². The molecule has 3 aromatic carbocycles. The first-order valence-electron chi connectivity index (χ1n) is 12.3. The molecular formula is C28H31Cl2N3O5S. The molecule has 3 aromatic rings. The number of aryl methyl sites for hydroxylation is 2. The normalized spacial score (nSPS) is 13.8. The molecule has 0 aromatic heterocycles. The Kier molecular flexibility index (Phi) is 8.83. The molecule has 8 nitrogen and oxygen atoms in total. The molecule has 0 spiro atoms. The molecule has 0 bridgehead atoms. The molecule has 0 saturated carbocycles. The number of methoxy groups -OCH3 is 2. The minimum Gasteiger partial charge on any atom is -0.495 e. The highest BCUT2D eigenvalue weighted by Crippen LogP contribution is 2.35. The van der Waals surface area contributed by atoms with E-state index in [2.05, 4.69) is 4.90 Å². The number of hydrogen-bond acceptors (Lipinski definition) is 6. The van der Waals surface area contributed by atoms with Gasteiger partial charge in [-0.3, -0.25) is 9.10 Å². The smallest absolute Gasteiger partial charge is 0.268 e. The molecule has 208 valence electrons. The van der Waals surface area contributed by atoms with Crippen LogP contribution in [0.2, 0.25) is 10.0 Å². The Morgan fingerprint density at radius 1 is 0.897 bits per heavy atom. The molecule has 4 rings (SSSR count). The fourth-order valence-electron chi connectivity index (χ4n) is 4.57. The first-order chi connectivity index (χ1) is 18.5. The Labute approximate surface area is 239 Å². The van der Waals surface area contributed by atoms with Gasteiger partial charge in [0.15, 0.2) is 0 Å². The standard InChI is InChI=1S/C28H31Cl2N3O5S/c1-19-5-9-26(38-4)27(15-19)39(35,36)33(22-8-10-25(37-3)23(30)17-22)18-28(34)32-13-11-31(12-14-32)24-16-21(29)7-6-20(24)2/h5-10,15-17H,11-14,18H2,1-4H3. The number of carbonyl (C=O) groups is 1. The zero-order chi connectivity index (χ0) is 28.3. The van der Waals surface area contributed by atoms with Crippen LogP contribution in [0.5, 0.6) is 11.5 Å². The van der Waals surface area contributed by atoms with Gasteiger partial charge in [-0.05, 0) is 67.4 Å². The minimum absolute atomic E-state index is 0.0361. The maximum absolute atomic E-state index is 14.0. The van der Waals surface area contributed by atoms with Gasteiger partial charge < -0.3 is 19.3 Å². The SMILES string of the molecule is COc1ccc(N(CC(=O)N2CCN(c3cc(Cl)ccc3C)CC2)S(=O)(=O)c2cc(C)ccc2OC)cc1Cl. The number of halogens is 2. The van der Waals surface area contributed by atoms with Crippen molar-refractivity contribution < 1.29 is 22.7 Å². The van der Waals surface area contributed by atoms with E-state index in [9.17, 15) is 13.2 Å². The van der Waals surface area contributed by atoms with Crippen molar-refractivity contribution in [1.29, 1.82) is 0 Å². The third-order valence-electron chi connectivity index (χ3n) is 6.73. The minimum atomic E-state index is -4.22. The van der Waals surface area contributed by atoms with Gasteiger partial charge in [0.1, 0.15) is 22.9 Å². The molecule has 11 heteroatoms. The Morgan fingerprint density at radius 3 is 2.21 bits per heavy atom. The largest absolute Gasteiger partial charge is 0.495 e. The number of sulfonamides is 1. The van der Waals surface area contributed by atoms with E-state index in [0.29, 0.717) is 37.0 Å². The summed E-state index contributed by atoms with van der Waals surface area (Å²) in [5, 5.41) is 0.879. The van der Waals surface area contributed by atoms with Crippen LogP contribution in [0.25, 0.3) is 0 Å². The summed E-state index contributed by atoms with van der Waals surface area (Å²) in [6.07, 6.45) is 0. The number of hydrogen-bond donors (Lipinski definition) is 0. The lowest BCUT2D eigenvalue weighted by Crippen LogP contribution is -2.52. The average molecular weight is 593 g/mol. The maximum Gasteiger partial charge on any atom is 0.268 e. The van der Waals surface area contributed by atoms with Gasteiger partial charge in [-0.15, -0.1) is 0 Å². The summed E-state index contributed by atoms with van der Waals surface area (Å²) in [4.78, 5) is 17.4. The molecule has 0 aliphatic carbocycles. The first kappa shape index (κ1) is 28.9. The number of piperazine rings is 1. The highest BCUT2D eigenvalue weighted by molar-refractivity contribution is 7.93. The topological polar surface area (TPSA) is 79.4 Å². The molecule has 0 radical (unpaired) electrons. The summed E-state index contributed by atoms with van der Waals surface area (Å²) in [5.41, 5.74) is 3.10. The van der Waals surface area contributed by atoms with Crippen LogP contribution in [-0.4, -0.2) is 66.2 Å². The van der Waals surface area contributed by atoms with Gasteiger partial charge in [0.05, 0.1) is 24.9 Å². The van der Waals surface area contributed by atoms with E-state index in [0.717, 1.165) is 21.1 Å². The molecule has 0 atom stereocenters. The molecule has 0 N–H and O–H groups in total. The molecule has 1 aliphatic heterocycles. The lowest BCUT2D eigenvalue weighted by molar-refractivity contribution is -0.129. The highest BCUT2D eigenvalue weighted by Gasteiger charge is 2.33. The van der Waals surface area contributed by atoms with E-state index in [1.165, 1.54) is 26.4 Å². The quantitative estimate of drug-likeness (QED) is 0.359. The van der Waals surface area contributed by atoms with Gasteiger partial charge in [-0.25, -0.2) is 8.42 Å². The van der Waals surface area contributed by atoms with Crippen LogP contribution in [0.4, 0.5) is 11.4 Å². The monoisotopic (exact) mass is 591 g/mol. The second kappa shape index (κ2) is 11.9. The van der Waals surface area contributed by atoms with E-state index in [4.69, 9.17) is 32.7 Å². The summed E-state index contributed by atoms with van der Waals surface area (Å²) < 4.78 is 39.7. The maximum atomic E-state index is 14.0. The molecule has 1 heterocycles. The zero-order valence-corrected chi connectivity index (χ0v) is 24.6. The van der Waals surface area contributed by atoms with Crippen LogP contribution < -0.4 is 18.7 Å². The third-order valence-corrected chi connectivity index (χ3v) is 9.06. The van der Waals surface area contributed by atoms with E-state index < -0.39 is 16.6 Å². The van der Waals surface area contributed by atoms with Crippen molar-refractivity contribution in [3.8, 4) is 11.5 Å². The number of amides is 1. The fourth-order valence-corrected chi connectivity index (χ4v) is 6.64. The lowest BCUT2D eigenvalue weighted by Gasteiger charge is -2.37. The van der Waals surface area contributed by atoms with Crippen molar-refractivity contribution in [2.75, 3.05) is 56.1 Å². The molecule has 0 unspecified atom stereocenters. The zero-order valence-electron chi connectivity index (χ0n) is 22.3. The van der Waals surface area contributed by atoms with Gasteiger partial charge in [0, 0.05) is 36.9 Å². The first-order valence-corrected chi connectivity index (χ1v) is 14.5. The molecule has 1 saturated heterocycles. The average Bonchev–Trinajstić information content (AvgIpc) is 2.92. The number of benzene rings is 3. The van der Waals surface area contributed by atoms with E-state index in [1.807, 2.05) is 25.1 Å². The predicted molar refractivity (Wildman–Crippen MR) is 155 cm³/mol. The Balaban J connectivity index is 1.62. The number of ether oxygens (including phenoxy) is 2. The predicted octanol–water partition coefficient (Wildman–Crippen LogP) is 5.17. The van der Waals surface area contributed by atoms with Crippen LogP contribution in [0.3, 0.4) is 0 Å². The summed E-state index contributed by atoms with van der Waals surface area (Å²) in [5.74, 6) is 0.257. The van der Waals surface area contributed by atoms with E-state index >= 15 is 0 Å². The number of nitrogens with zero attached hydrogens (tertiary/aromatic N) is 3. The van der Waals surface area contributed by atoms with Gasteiger partial charge >= 0.3 is 0 Å². The van der Waals surface area contributed by atoms with Crippen molar-refractivity contribution in [1.82, 2.24) is 4.90 Å². The van der Waals surface area contributed by atoms with E-state index in [1.54, 1.807) is 36.1 Å². The summed E-state index contributed by atoms with van der Waals surface area (Å²) in [6, 6.07) is 15.3. The Bertz CT molecular complexity index is 1470. The highest BCUT2D eigenvalue weighted by atomic mass is 35.5. The molecule has 39 heavy (non-hydrogen) atoms. The Morgan fingerprint density at radius 2 is 1.56 bits per heavy atom. The van der Waals surface area contributed by atoms with Crippen LogP contribution >= 0.6 is 23.2 Å². The Hall–Kier alpha value is -3.14. The van der Waals surface area contributed by atoms with Crippen molar-refractivity contribution in [2.45, 2.75) is 18.7 Å². The third kappa shape index (κ3) is 6.21. The van der Waals surface area contributed by atoms with Crippen molar-refractivity contribution in [3.05, 3.63) is 75.8 Å². The second-order valence-corrected chi connectivity index (χ2v) is 12.0. The van der Waals surface area contributed by atoms with Crippen LogP contribution in [-0.2, 0) is 14.8 Å². The second-order valence-electron chi connectivity index (χ2n) is 9.28. The molecule has 1 amide bonds. The molecule has 1 fully saturated rings. The summed E-state index contributed by atoms with van der Waals surface area (Å²) in [7, 11) is -1.34. The number of rotatable bonds is 8. The van der Waals surface area contributed by atoms with E-state index in [-0.39, 0.29) is 27.3 Å². The fraction of sp³-hybridized carbons (Fsp3) is 0.321. The molecular weight excluding hydrogens is 561 g/mol. The van der Waals surface area contributed by atoms with Crippen LogP contribution in [0.15, 0.2) is 59.5 Å². The summed E-state index contributed by atoms with van der Waals surface area (Å²) >= 11 is 12.6. The summed E-state index contributed by atoms with van der Waals surface area (Å²) in [6.45, 7) is 5.48. The lowest BCUT2D eigenvalue weighted by atomic mass is 10.1. The van der Waals surface area contributed by atoms with Gasteiger partial charge in [-0.1, -0.05) is 35.3 Å². The number of carbonyl (C=O) groups excluding carboxylic acids is 1. The van der Waals surface area contributed by atoms with Crippen molar-refractivity contribution in [2.24, 2.45) is 0 Å². The van der Waals surface area contributed by atoms with Gasteiger partial charge in [-0.2, -0.15) is 0 Å². The molecule has 1 aliphatic rings. The number of anilines is 2. The van der Waals surface area contributed by atoms with Gasteiger partial charge in [0.2, 0.25) is 5.91 Å².